The smallest absolute Gasteiger partial charge is 0.335 e. The maximum absolute atomic E-state index is 12.9. The lowest BCUT2D eigenvalue weighted by atomic mass is 10.1. The van der Waals surface area contributed by atoms with Crippen LogP contribution in [0.2, 0.25) is 10.0 Å². The maximum atomic E-state index is 12.9. The number of nitrogens with zero attached hydrogens (tertiary/aromatic N) is 2. The summed E-state index contributed by atoms with van der Waals surface area (Å²) in [6.07, 6.45) is 1.19. The Hall–Kier alpha value is -3.95. The first-order valence-corrected chi connectivity index (χ1v) is 9.71. The second kappa shape index (κ2) is 8.29. The summed E-state index contributed by atoms with van der Waals surface area (Å²) in [5, 5.41) is 13.5. The summed E-state index contributed by atoms with van der Waals surface area (Å²) < 4.78 is 5.65. The Balaban J connectivity index is 1.66. The Morgan fingerprint density at radius 1 is 1.00 bits per heavy atom. The molecule has 2 heterocycles. The number of furan rings is 1. The number of non-ortho nitro benzene ring substituents is 1. The molecule has 0 saturated carbocycles. The molecular weight excluding hydrogens is 461 g/mol. The van der Waals surface area contributed by atoms with Crippen LogP contribution in [0.4, 0.5) is 16.2 Å². The lowest BCUT2D eigenvalue weighted by Gasteiger charge is -2.26. The van der Waals surface area contributed by atoms with Gasteiger partial charge in [0.2, 0.25) is 0 Å². The van der Waals surface area contributed by atoms with E-state index in [1.807, 2.05) is 0 Å². The predicted octanol–water partition coefficient (Wildman–Crippen LogP) is 4.83. The fourth-order valence-corrected chi connectivity index (χ4v) is 3.41. The van der Waals surface area contributed by atoms with E-state index in [-0.39, 0.29) is 33.5 Å². The summed E-state index contributed by atoms with van der Waals surface area (Å²) in [5.74, 6) is -1.31. The van der Waals surface area contributed by atoms with Crippen molar-refractivity contribution in [3.63, 3.8) is 0 Å². The highest BCUT2D eigenvalue weighted by Crippen LogP contribution is 2.33. The minimum absolute atomic E-state index is 0.0961. The van der Waals surface area contributed by atoms with Crippen molar-refractivity contribution in [2.24, 2.45) is 0 Å². The van der Waals surface area contributed by atoms with Gasteiger partial charge in [-0.1, -0.05) is 23.2 Å². The summed E-state index contributed by atoms with van der Waals surface area (Å²) in [6, 6.07) is 12.0. The molecule has 2 aromatic carbocycles. The molecule has 0 atom stereocenters. The summed E-state index contributed by atoms with van der Waals surface area (Å²) in [5.41, 5.74) is 0.117. The van der Waals surface area contributed by atoms with Crippen molar-refractivity contribution in [3.8, 4) is 11.3 Å². The molecule has 1 saturated heterocycles. The Kier molecular flexibility index (Phi) is 5.52. The fraction of sp³-hybridized carbons (Fsp3) is 0. The summed E-state index contributed by atoms with van der Waals surface area (Å²) in [6.45, 7) is 0. The average molecular weight is 472 g/mol. The summed E-state index contributed by atoms with van der Waals surface area (Å²) in [7, 11) is 0. The van der Waals surface area contributed by atoms with E-state index in [0.29, 0.717) is 10.6 Å². The second-order valence-electron chi connectivity index (χ2n) is 6.56. The largest absolute Gasteiger partial charge is 0.457 e. The predicted molar refractivity (Wildman–Crippen MR) is 116 cm³/mol. The Bertz CT molecular complexity index is 1310. The van der Waals surface area contributed by atoms with Crippen molar-refractivity contribution in [1.82, 2.24) is 5.32 Å². The lowest BCUT2D eigenvalue weighted by molar-refractivity contribution is -0.384. The van der Waals surface area contributed by atoms with E-state index in [2.05, 4.69) is 5.32 Å². The highest BCUT2D eigenvalue weighted by atomic mass is 35.5. The molecule has 0 unspecified atom stereocenters. The van der Waals surface area contributed by atoms with E-state index in [4.69, 9.17) is 27.6 Å². The SMILES string of the molecule is O=C1NC(=O)N(c2ccc(Cl)cc2)C(=O)/C1=C/c1ccc(-c2ccc([N+](=O)[O-])cc2Cl)o1. The lowest BCUT2D eigenvalue weighted by Crippen LogP contribution is -2.54. The number of hydrogen-bond acceptors (Lipinski definition) is 6. The van der Waals surface area contributed by atoms with Crippen LogP contribution in [-0.2, 0) is 9.59 Å². The minimum atomic E-state index is -0.891. The third-order valence-electron chi connectivity index (χ3n) is 4.53. The summed E-state index contributed by atoms with van der Waals surface area (Å²) >= 11 is 12.0. The van der Waals surface area contributed by atoms with Crippen molar-refractivity contribution in [2.75, 3.05) is 4.90 Å². The van der Waals surface area contributed by atoms with Crippen LogP contribution in [0.25, 0.3) is 17.4 Å². The van der Waals surface area contributed by atoms with Crippen molar-refractivity contribution >= 4 is 58.5 Å². The highest BCUT2D eigenvalue weighted by molar-refractivity contribution is 6.39. The zero-order chi connectivity index (χ0) is 23.0. The third-order valence-corrected chi connectivity index (χ3v) is 5.09. The molecule has 11 heteroatoms. The van der Waals surface area contributed by atoms with Gasteiger partial charge in [0.1, 0.15) is 17.1 Å². The Morgan fingerprint density at radius 2 is 1.72 bits per heavy atom. The Labute approximate surface area is 190 Å². The summed E-state index contributed by atoms with van der Waals surface area (Å²) in [4.78, 5) is 48.5. The average Bonchev–Trinajstić information content (AvgIpc) is 3.20. The molecular formula is C21H11Cl2N3O6. The van der Waals surface area contributed by atoms with Gasteiger partial charge in [0, 0.05) is 22.7 Å². The number of amides is 4. The minimum Gasteiger partial charge on any atom is -0.457 e. The first-order valence-electron chi connectivity index (χ1n) is 8.96. The Morgan fingerprint density at radius 3 is 2.38 bits per heavy atom. The van der Waals surface area contributed by atoms with Crippen LogP contribution in [0, 0.1) is 10.1 Å². The van der Waals surface area contributed by atoms with Crippen LogP contribution < -0.4 is 10.2 Å². The number of carbonyl (C=O) groups excluding carboxylic acids is 3. The third kappa shape index (κ3) is 3.98. The number of rotatable bonds is 4. The van der Waals surface area contributed by atoms with Crippen LogP contribution in [-0.4, -0.2) is 22.8 Å². The molecule has 1 aliphatic heterocycles. The molecule has 0 bridgehead atoms. The quantitative estimate of drug-likeness (QED) is 0.251. The van der Waals surface area contributed by atoms with Crippen LogP contribution in [0.1, 0.15) is 5.76 Å². The first kappa shape index (κ1) is 21.3. The van der Waals surface area contributed by atoms with Gasteiger partial charge in [0.25, 0.3) is 17.5 Å². The standard InChI is InChI=1S/C21H11Cl2N3O6/c22-11-1-3-12(4-2-11)25-20(28)16(19(27)24-21(25)29)10-14-6-8-18(32-14)15-7-5-13(26(30)31)9-17(15)23/h1-10H,(H,24,27,29)/b16-10+. The van der Waals surface area contributed by atoms with E-state index in [1.54, 1.807) is 0 Å². The van der Waals surface area contributed by atoms with Gasteiger partial charge in [-0.3, -0.25) is 25.0 Å². The number of nitro groups is 1. The van der Waals surface area contributed by atoms with E-state index in [0.717, 1.165) is 4.90 Å². The normalized spacial score (nSPS) is 15.2. The van der Waals surface area contributed by atoms with Gasteiger partial charge in [-0.05, 0) is 48.5 Å². The van der Waals surface area contributed by atoms with Crippen LogP contribution in [0.3, 0.4) is 0 Å². The number of urea groups is 1. The van der Waals surface area contributed by atoms with E-state index in [9.17, 15) is 24.5 Å². The molecule has 3 aromatic rings. The fourth-order valence-electron chi connectivity index (χ4n) is 3.02. The molecule has 1 N–H and O–H groups in total. The molecule has 32 heavy (non-hydrogen) atoms. The maximum Gasteiger partial charge on any atom is 0.335 e. The van der Waals surface area contributed by atoms with Crippen LogP contribution >= 0.6 is 23.2 Å². The van der Waals surface area contributed by atoms with Gasteiger partial charge < -0.3 is 4.42 Å². The van der Waals surface area contributed by atoms with E-state index >= 15 is 0 Å². The van der Waals surface area contributed by atoms with Crippen molar-refractivity contribution in [1.29, 1.82) is 0 Å². The van der Waals surface area contributed by atoms with Gasteiger partial charge in [-0.2, -0.15) is 0 Å². The zero-order valence-corrected chi connectivity index (χ0v) is 17.4. The molecule has 1 fully saturated rings. The topological polar surface area (TPSA) is 123 Å². The van der Waals surface area contributed by atoms with Gasteiger partial charge in [-0.15, -0.1) is 0 Å². The molecule has 160 valence electrons. The van der Waals surface area contributed by atoms with Gasteiger partial charge in [-0.25, -0.2) is 9.69 Å². The molecule has 4 amide bonds. The molecule has 0 spiro atoms. The zero-order valence-electron chi connectivity index (χ0n) is 15.9. The number of halogens is 2. The molecule has 0 aliphatic carbocycles. The van der Waals surface area contributed by atoms with Crippen LogP contribution in [0.5, 0.6) is 0 Å². The van der Waals surface area contributed by atoms with Crippen LogP contribution in [0.15, 0.2) is 64.6 Å². The number of anilines is 1. The first-order chi connectivity index (χ1) is 15.2. The molecule has 1 aromatic heterocycles. The molecule has 0 radical (unpaired) electrons. The monoisotopic (exact) mass is 471 g/mol. The van der Waals surface area contributed by atoms with Crippen molar-refractivity contribution in [2.45, 2.75) is 0 Å². The number of benzene rings is 2. The van der Waals surface area contributed by atoms with Gasteiger partial charge >= 0.3 is 6.03 Å². The molecule has 4 rings (SSSR count). The van der Waals surface area contributed by atoms with E-state index in [1.165, 1.54) is 60.7 Å². The number of nitrogens with one attached hydrogen (secondary N) is 1. The highest BCUT2D eigenvalue weighted by Gasteiger charge is 2.37. The van der Waals surface area contributed by atoms with Crippen molar-refractivity contribution in [3.05, 3.63) is 86.1 Å². The van der Waals surface area contributed by atoms with Gasteiger partial charge in [0.05, 0.1) is 15.6 Å². The number of hydrogen-bond donors (Lipinski definition) is 1. The van der Waals surface area contributed by atoms with E-state index < -0.39 is 22.8 Å². The van der Waals surface area contributed by atoms with Crippen molar-refractivity contribution < 1.29 is 23.7 Å². The number of imide groups is 2. The molecule has 9 nitrogen and oxygen atoms in total. The second-order valence-corrected chi connectivity index (χ2v) is 7.40. The number of nitro benzene ring substituents is 1. The molecule has 1 aliphatic rings. The number of carbonyl (C=O) groups is 3. The number of barbiturate groups is 1. The van der Waals surface area contributed by atoms with Gasteiger partial charge in [0.15, 0.2) is 0 Å².